The molecule has 1 aliphatic rings. The molecule has 0 spiro atoms. The highest BCUT2D eigenvalue weighted by Crippen LogP contribution is 2.30. The zero-order valence-corrected chi connectivity index (χ0v) is 12.6. The first-order valence-electron chi connectivity index (χ1n) is 7.39. The number of carboxylic acids is 1. The van der Waals surface area contributed by atoms with Gasteiger partial charge in [-0.25, -0.2) is 4.79 Å². The molecule has 23 heavy (non-hydrogen) atoms. The lowest BCUT2D eigenvalue weighted by atomic mass is 9.98. The second-order valence-electron chi connectivity index (χ2n) is 5.83. The number of carbonyl (C=O) groups is 2. The van der Waals surface area contributed by atoms with Crippen LogP contribution in [0.3, 0.4) is 0 Å². The van der Waals surface area contributed by atoms with E-state index in [4.69, 9.17) is 5.11 Å². The Bertz CT molecular complexity index is 600. The fourth-order valence-electron chi connectivity index (χ4n) is 2.89. The Morgan fingerprint density at radius 1 is 1.39 bits per heavy atom. The zero-order chi connectivity index (χ0) is 17.2. The summed E-state index contributed by atoms with van der Waals surface area (Å²) < 4.78 is 38.1. The molecule has 0 saturated carbocycles. The minimum absolute atomic E-state index is 0.144. The third kappa shape index (κ3) is 4.03. The normalized spacial score (nSPS) is 19.7. The number of amides is 1. The maximum absolute atomic E-state index is 12.7. The summed E-state index contributed by atoms with van der Waals surface area (Å²) in [5.41, 5.74) is -0.342. The molecule has 1 aliphatic heterocycles. The first-order valence-corrected chi connectivity index (χ1v) is 7.39. The van der Waals surface area contributed by atoms with E-state index in [-0.39, 0.29) is 12.3 Å². The van der Waals surface area contributed by atoms with Crippen LogP contribution in [0.15, 0.2) is 24.3 Å². The van der Waals surface area contributed by atoms with Gasteiger partial charge in [-0.05, 0) is 30.9 Å². The van der Waals surface area contributed by atoms with Crippen LogP contribution < -0.4 is 0 Å². The van der Waals surface area contributed by atoms with Crippen molar-refractivity contribution in [3.8, 4) is 0 Å². The van der Waals surface area contributed by atoms with Gasteiger partial charge in [0.15, 0.2) is 0 Å². The van der Waals surface area contributed by atoms with Gasteiger partial charge in [-0.3, -0.25) is 4.79 Å². The summed E-state index contributed by atoms with van der Waals surface area (Å²) in [6.45, 7) is 1.99. The van der Waals surface area contributed by atoms with E-state index in [1.54, 1.807) is 6.92 Å². The standard InChI is InChI=1S/C16H18F3NO3/c1-10(14(21)20-7-3-6-13(20)15(22)23)8-11-4-2-5-12(9-11)16(17,18)19/h2,4-5,9-10,13H,3,6-8H2,1H3,(H,22,23)/t10-,13+/m0/s1. The second-order valence-corrected chi connectivity index (χ2v) is 5.83. The molecule has 0 unspecified atom stereocenters. The minimum atomic E-state index is -4.42. The summed E-state index contributed by atoms with van der Waals surface area (Å²) in [6.07, 6.45) is -3.24. The van der Waals surface area contributed by atoms with Gasteiger partial charge < -0.3 is 10.0 Å². The van der Waals surface area contributed by atoms with Crippen molar-refractivity contribution < 1.29 is 27.9 Å². The van der Waals surface area contributed by atoms with Crippen LogP contribution in [-0.2, 0) is 22.2 Å². The van der Waals surface area contributed by atoms with Crippen LogP contribution >= 0.6 is 0 Å². The highest BCUT2D eigenvalue weighted by molar-refractivity contribution is 5.85. The monoisotopic (exact) mass is 329 g/mol. The molecule has 1 saturated heterocycles. The van der Waals surface area contributed by atoms with Gasteiger partial charge in [0.05, 0.1) is 5.56 Å². The van der Waals surface area contributed by atoms with Gasteiger partial charge in [-0.2, -0.15) is 13.2 Å². The predicted octanol–water partition coefficient (Wildman–Crippen LogP) is 2.96. The molecule has 0 bridgehead atoms. The van der Waals surface area contributed by atoms with Crippen molar-refractivity contribution >= 4 is 11.9 Å². The van der Waals surface area contributed by atoms with Crippen molar-refractivity contribution in [2.24, 2.45) is 5.92 Å². The second kappa shape index (κ2) is 6.60. The molecule has 1 amide bonds. The van der Waals surface area contributed by atoms with Crippen molar-refractivity contribution in [1.29, 1.82) is 0 Å². The Kier molecular flexibility index (Phi) is 4.97. The number of nitrogens with zero attached hydrogens (tertiary/aromatic N) is 1. The molecule has 0 aliphatic carbocycles. The summed E-state index contributed by atoms with van der Waals surface area (Å²) in [6, 6.07) is 4.04. The molecule has 126 valence electrons. The van der Waals surface area contributed by atoms with Crippen LogP contribution in [0.1, 0.15) is 30.9 Å². The Morgan fingerprint density at radius 2 is 2.09 bits per heavy atom. The van der Waals surface area contributed by atoms with Gasteiger partial charge in [0.2, 0.25) is 5.91 Å². The Balaban J connectivity index is 2.08. The molecular formula is C16H18F3NO3. The summed E-state index contributed by atoms with van der Waals surface area (Å²) in [5.74, 6) is -1.94. The quantitative estimate of drug-likeness (QED) is 0.924. The van der Waals surface area contributed by atoms with Crippen LogP contribution in [0, 0.1) is 5.92 Å². The molecule has 2 atom stereocenters. The highest BCUT2D eigenvalue weighted by atomic mass is 19.4. The summed E-state index contributed by atoms with van der Waals surface area (Å²) in [4.78, 5) is 24.8. The number of likely N-dealkylation sites (tertiary alicyclic amines) is 1. The Labute approximate surface area is 131 Å². The van der Waals surface area contributed by atoms with Crippen molar-refractivity contribution in [3.63, 3.8) is 0 Å². The third-order valence-electron chi connectivity index (χ3n) is 4.04. The zero-order valence-electron chi connectivity index (χ0n) is 12.6. The van der Waals surface area contributed by atoms with Crippen LogP contribution in [0.2, 0.25) is 0 Å². The van der Waals surface area contributed by atoms with Crippen LogP contribution in [0.5, 0.6) is 0 Å². The first-order chi connectivity index (χ1) is 10.7. The van der Waals surface area contributed by atoms with E-state index >= 15 is 0 Å². The van der Waals surface area contributed by atoms with E-state index in [1.807, 2.05) is 0 Å². The number of alkyl halides is 3. The summed E-state index contributed by atoms with van der Waals surface area (Å²) >= 11 is 0. The fourth-order valence-corrected chi connectivity index (χ4v) is 2.89. The minimum Gasteiger partial charge on any atom is -0.480 e. The first kappa shape index (κ1) is 17.3. The maximum atomic E-state index is 12.7. The SMILES string of the molecule is C[C@@H](Cc1cccc(C(F)(F)F)c1)C(=O)N1CCC[C@@H]1C(=O)O. The molecule has 4 nitrogen and oxygen atoms in total. The molecule has 2 rings (SSSR count). The number of carboxylic acid groups (broad SMARTS) is 1. The van der Waals surface area contributed by atoms with Crippen molar-refractivity contribution in [2.75, 3.05) is 6.54 Å². The van der Waals surface area contributed by atoms with Crippen LogP contribution in [-0.4, -0.2) is 34.5 Å². The summed E-state index contributed by atoms with van der Waals surface area (Å²) in [7, 11) is 0. The van der Waals surface area contributed by atoms with Gasteiger partial charge in [-0.15, -0.1) is 0 Å². The van der Waals surface area contributed by atoms with Crippen LogP contribution in [0.4, 0.5) is 13.2 Å². The van der Waals surface area contributed by atoms with Crippen LogP contribution in [0.25, 0.3) is 0 Å². The molecule has 1 N–H and O–H groups in total. The van der Waals surface area contributed by atoms with E-state index in [9.17, 15) is 22.8 Å². The predicted molar refractivity (Wildman–Crippen MR) is 76.7 cm³/mol. The lowest BCUT2D eigenvalue weighted by molar-refractivity contribution is -0.149. The lowest BCUT2D eigenvalue weighted by Crippen LogP contribution is -2.43. The van der Waals surface area contributed by atoms with E-state index < -0.39 is 29.7 Å². The molecule has 0 aromatic heterocycles. The maximum Gasteiger partial charge on any atom is 0.416 e. The lowest BCUT2D eigenvalue weighted by Gasteiger charge is -2.25. The number of aliphatic carboxylic acids is 1. The summed E-state index contributed by atoms with van der Waals surface area (Å²) in [5, 5.41) is 9.11. The molecule has 7 heteroatoms. The number of hydrogen-bond donors (Lipinski definition) is 1. The van der Waals surface area contributed by atoms with Gasteiger partial charge >= 0.3 is 12.1 Å². The molecular weight excluding hydrogens is 311 g/mol. The van der Waals surface area contributed by atoms with Gasteiger partial charge in [0.25, 0.3) is 0 Å². The van der Waals surface area contributed by atoms with E-state index in [0.717, 1.165) is 12.1 Å². The number of carbonyl (C=O) groups excluding carboxylic acids is 1. The molecule has 1 aromatic rings. The third-order valence-corrected chi connectivity index (χ3v) is 4.04. The average molecular weight is 329 g/mol. The average Bonchev–Trinajstić information content (AvgIpc) is 2.95. The topological polar surface area (TPSA) is 57.6 Å². The van der Waals surface area contributed by atoms with E-state index in [1.165, 1.54) is 17.0 Å². The molecule has 0 radical (unpaired) electrons. The molecule has 1 fully saturated rings. The number of rotatable bonds is 4. The number of halogens is 3. The van der Waals surface area contributed by atoms with Gasteiger partial charge in [0.1, 0.15) is 6.04 Å². The molecule has 1 heterocycles. The van der Waals surface area contributed by atoms with Crippen molar-refractivity contribution in [3.05, 3.63) is 35.4 Å². The number of hydrogen-bond acceptors (Lipinski definition) is 2. The fraction of sp³-hybridized carbons (Fsp3) is 0.500. The molecule has 1 aromatic carbocycles. The number of benzene rings is 1. The highest BCUT2D eigenvalue weighted by Gasteiger charge is 2.36. The van der Waals surface area contributed by atoms with Crippen molar-refractivity contribution in [1.82, 2.24) is 4.90 Å². The smallest absolute Gasteiger partial charge is 0.416 e. The van der Waals surface area contributed by atoms with E-state index in [2.05, 4.69) is 0 Å². The van der Waals surface area contributed by atoms with Crippen molar-refractivity contribution in [2.45, 2.75) is 38.4 Å². The largest absolute Gasteiger partial charge is 0.480 e. The Morgan fingerprint density at radius 3 is 2.70 bits per heavy atom. The Hall–Kier alpha value is -2.05. The van der Waals surface area contributed by atoms with E-state index in [0.29, 0.717) is 24.9 Å². The van der Waals surface area contributed by atoms with Gasteiger partial charge in [0, 0.05) is 12.5 Å². The van der Waals surface area contributed by atoms with Gasteiger partial charge in [-0.1, -0.05) is 25.1 Å².